The summed E-state index contributed by atoms with van der Waals surface area (Å²) < 4.78 is 0. The summed E-state index contributed by atoms with van der Waals surface area (Å²) in [6.07, 6.45) is 0. The Balaban J connectivity index is 1.89. The second kappa shape index (κ2) is 7.95. The fraction of sp³-hybridized carbons (Fsp3) is 0. The summed E-state index contributed by atoms with van der Waals surface area (Å²) in [5.74, 6) is 0. The van der Waals surface area contributed by atoms with Crippen molar-refractivity contribution in [2.24, 2.45) is 0 Å². The van der Waals surface area contributed by atoms with Crippen molar-refractivity contribution < 1.29 is 0 Å². The van der Waals surface area contributed by atoms with E-state index < -0.39 is 0 Å². The van der Waals surface area contributed by atoms with Crippen LogP contribution in [0.2, 0.25) is 0 Å². The van der Waals surface area contributed by atoms with E-state index in [0.29, 0.717) is 0 Å². The summed E-state index contributed by atoms with van der Waals surface area (Å²) in [5.41, 5.74) is 7.78. The SMILES string of the molecule is c1ccc(-c2[p-]c(-c3ccccc3)c(-c3ccccc3)c2-c2ccccc2)cc1. The highest BCUT2D eigenvalue weighted by molar-refractivity contribution is 7.39. The molecule has 29 heavy (non-hydrogen) atoms. The highest BCUT2D eigenvalue weighted by Gasteiger charge is 2.14. The van der Waals surface area contributed by atoms with Gasteiger partial charge in [0, 0.05) is 0 Å². The molecule has 0 aliphatic carbocycles. The van der Waals surface area contributed by atoms with Gasteiger partial charge in [-0.3, -0.25) is 0 Å². The Morgan fingerprint density at radius 2 is 0.586 bits per heavy atom. The summed E-state index contributed by atoms with van der Waals surface area (Å²) in [4.78, 5) is 0. The Kier molecular flexibility index (Phi) is 4.87. The molecule has 0 saturated heterocycles. The van der Waals surface area contributed by atoms with Crippen LogP contribution in [0.5, 0.6) is 0 Å². The summed E-state index contributed by atoms with van der Waals surface area (Å²) in [7, 11) is 1.25. The van der Waals surface area contributed by atoms with E-state index >= 15 is 0 Å². The van der Waals surface area contributed by atoms with Crippen LogP contribution in [0, 0.1) is 0 Å². The smallest absolute Gasteiger partial charge is 0.0199 e. The predicted molar refractivity (Wildman–Crippen MR) is 126 cm³/mol. The lowest BCUT2D eigenvalue weighted by molar-refractivity contribution is 1.61. The first-order valence-corrected chi connectivity index (χ1v) is 10.7. The third kappa shape index (κ3) is 3.44. The number of hydrogen-bond acceptors (Lipinski definition) is 0. The van der Waals surface area contributed by atoms with Gasteiger partial charge in [0.15, 0.2) is 0 Å². The Morgan fingerprint density at radius 1 is 0.310 bits per heavy atom. The van der Waals surface area contributed by atoms with Crippen LogP contribution in [0.1, 0.15) is 0 Å². The minimum Gasteiger partial charge on any atom is -0.513 e. The van der Waals surface area contributed by atoms with E-state index in [4.69, 9.17) is 0 Å². The zero-order valence-electron chi connectivity index (χ0n) is 16.0. The lowest BCUT2D eigenvalue weighted by atomic mass is 9.91. The van der Waals surface area contributed by atoms with Crippen LogP contribution in [0.25, 0.3) is 44.0 Å². The van der Waals surface area contributed by atoms with Gasteiger partial charge in [0.2, 0.25) is 0 Å². The monoisotopic (exact) mass is 387 g/mol. The van der Waals surface area contributed by atoms with Gasteiger partial charge in [-0.25, -0.2) is 0 Å². The predicted octanol–water partition coefficient (Wildman–Crippen LogP) is 8.65. The molecule has 138 valence electrons. The maximum atomic E-state index is 2.23. The largest absolute Gasteiger partial charge is 0.513 e. The zero-order valence-corrected chi connectivity index (χ0v) is 16.9. The molecule has 0 unspecified atom stereocenters. The lowest BCUT2D eigenvalue weighted by Crippen LogP contribution is -1.85. The molecule has 0 amide bonds. The second-order valence-electron chi connectivity index (χ2n) is 7.02. The molecule has 5 aromatic rings. The average Bonchev–Trinajstić information content (AvgIpc) is 3.22. The minimum absolute atomic E-state index is 1.25. The molecule has 4 aromatic carbocycles. The van der Waals surface area contributed by atoms with E-state index in [1.807, 2.05) is 0 Å². The summed E-state index contributed by atoms with van der Waals surface area (Å²) in [5, 5.41) is 2.74. The van der Waals surface area contributed by atoms with Gasteiger partial charge in [-0.05, 0) is 33.4 Å². The van der Waals surface area contributed by atoms with Gasteiger partial charge in [-0.2, -0.15) is 10.6 Å². The first-order chi connectivity index (χ1) is 14.4. The quantitative estimate of drug-likeness (QED) is 0.289. The first kappa shape index (κ1) is 17.7. The summed E-state index contributed by atoms with van der Waals surface area (Å²) in [6, 6.07) is 43.2. The van der Waals surface area contributed by atoms with Gasteiger partial charge >= 0.3 is 0 Å². The van der Waals surface area contributed by atoms with E-state index in [1.165, 1.54) is 52.2 Å². The molecule has 0 saturated carbocycles. The van der Waals surface area contributed by atoms with Crippen LogP contribution in [-0.2, 0) is 0 Å². The van der Waals surface area contributed by atoms with E-state index in [2.05, 4.69) is 121 Å². The second-order valence-corrected chi connectivity index (χ2v) is 8.14. The molecule has 5 rings (SSSR count). The van der Waals surface area contributed by atoms with Crippen LogP contribution in [0.3, 0.4) is 0 Å². The van der Waals surface area contributed by atoms with Crippen molar-refractivity contribution in [3.63, 3.8) is 0 Å². The topological polar surface area (TPSA) is 0 Å². The number of rotatable bonds is 4. The normalized spacial score (nSPS) is 10.8. The Morgan fingerprint density at radius 3 is 0.897 bits per heavy atom. The van der Waals surface area contributed by atoms with Crippen molar-refractivity contribution in [1.82, 2.24) is 0 Å². The van der Waals surface area contributed by atoms with Gasteiger partial charge < -0.3 is 8.19 Å². The van der Waals surface area contributed by atoms with Crippen LogP contribution < -0.4 is 0 Å². The van der Waals surface area contributed by atoms with Crippen molar-refractivity contribution in [3.8, 4) is 44.0 Å². The van der Waals surface area contributed by atoms with Crippen molar-refractivity contribution in [1.29, 1.82) is 0 Å². The van der Waals surface area contributed by atoms with Gasteiger partial charge in [0.1, 0.15) is 0 Å². The van der Waals surface area contributed by atoms with Crippen LogP contribution in [0.15, 0.2) is 121 Å². The molecular weight excluding hydrogens is 367 g/mol. The molecule has 0 N–H and O–H groups in total. The van der Waals surface area contributed by atoms with E-state index in [9.17, 15) is 0 Å². The molecule has 0 aliphatic rings. The van der Waals surface area contributed by atoms with Crippen molar-refractivity contribution in [2.45, 2.75) is 0 Å². The van der Waals surface area contributed by atoms with Crippen molar-refractivity contribution >= 4 is 8.19 Å². The molecule has 1 heteroatoms. The molecule has 1 aromatic heterocycles. The van der Waals surface area contributed by atoms with Crippen LogP contribution in [-0.4, -0.2) is 0 Å². The zero-order chi connectivity index (χ0) is 19.5. The van der Waals surface area contributed by atoms with Crippen LogP contribution >= 0.6 is 8.19 Å². The molecular formula is C28H20P-. The first-order valence-electron chi connectivity index (χ1n) is 9.84. The molecule has 0 nitrogen and oxygen atoms in total. The fourth-order valence-corrected chi connectivity index (χ4v) is 5.33. The highest BCUT2D eigenvalue weighted by atomic mass is 31.0. The van der Waals surface area contributed by atoms with E-state index in [0.717, 1.165) is 0 Å². The Hall–Kier alpha value is -3.34. The van der Waals surface area contributed by atoms with Gasteiger partial charge in [0.25, 0.3) is 0 Å². The Labute approximate surface area is 173 Å². The number of benzene rings is 4. The maximum absolute atomic E-state index is 2.23. The average molecular weight is 387 g/mol. The van der Waals surface area contributed by atoms with E-state index in [-0.39, 0.29) is 0 Å². The molecule has 0 atom stereocenters. The van der Waals surface area contributed by atoms with Gasteiger partial charge in [0.05, 0.1) is 0 Å². The van der Waals surface area contributed by atoms with Gasteiger partial charge in [-0.1, -0.05) is 121 Å². The third-order valence-corrected chi connectivity index (χ3v) is 6.58. The van der Waals surface area contributed by atoms with Crippen molar-refractivity contribution in [2.75, 3.05) is 0 Å². The molecule has 0 fully saturated rings. The standard InChI is InChI=1S/C28H20P/c1-5-13-21(14-6-1)25-26(22-15-7-2-8-16-22)28(24-19-11-4-12-20-24)29-27(25)23-17-9-3-10-18-23/h1-20H/q-1. The third-order valence-electron chi connectivity index (χ3n) is 5.17. The molecule has 0 bridgehead atoms. The van der Waals surface area contributed by atoms with Crippen molar-refractivity contribution in [3.05, 3.63) is 121 Å². The summed E-state index contributed by atoms with van der Waals surface area (Å²) >= 11 is 0. The summed E-state index contributed by atoms with van der Waals surface area (Å²) in [6.45, 7) is 0. The fourth-order valence-electron chi connectivity index (χ4n) is 3.84. The Bertz CT molecular complexity index is 1110. The van der Waals surface area contributed by atoms with Crippen LogP contribution in [0.4, 0.5) is 0 Å². The van der Waals surface area contributed by atoms with Gasteiger partial charge in [-0.15, -0.1) is 0 Å². The van der Waals surface area contributed by atoms with E-state index in [1.54, 1.807) is 0 Å². The highest BCUT2D eigenvalue weighted by Crippen LogP contribution is 2.54. The lowest BCUT2D eigenvalue weighted by Gasteiger charge is -2.15. The molecule has 0 aliphatic heterocycles. The molecule has 0 spiro atoms. The minimum atomic E-state index is 1.25. The maximum Gasteiger partial charge on any atom is -0.0199 e. The molecule has 1 heterocycles. The number of hydrogen-bond donors (Lipinski definition) is 0. The molecule has 0 radical (unpaired) electrons.